The lowest BCUT2D eigenvalue weighted by molar-refractivity contribution is -0.387. The number of nitro benzene ring substituents is 1. The van der Waals surface area contributed by atoms with Gasteiger partial charge in [-0.3, -0.25) is 10.1 Å². The highest BCUT2D eigenvalue weighted by molar-refractivity contribution is 14.1. The van der Waals surface area contributed by atoms with E-state index in [-0.39, 0.29) is 5.69 Å². The molecule has 1 aliphatic heterocycles. The van der Waals surface area contributed by atoms with Crippen LogP contribution in [0.15, 0.2) is 24.3 Å². The molecule has 16 heavy (non-hydrogen) atoms. The fraction of sp³-hybridized carbons (Fsp3) is 0.400. The van der Waals surface area contributed by atoms with Gasteiger partial charge in [0.05, 0.1) is 28.1 Å². The third kappa shape index (κ3) is 1.92. The zero-order valence-electron chi connectivity index (χ0n) is 8.39. The topological polar surface area (TPSA) is 61.6 Å². The third-order valence-electron chi connectivity index (χ3n) is 2.44. The second-order valence-electron chi connectivity index (χ2n) is 3.36. The maximum absolute atomic E-state index is 10.9. The highest BCUT2D eigenvalue weighted by Gasteiger charge is 2.42. The molecule has 1 aliphatic rings. The van der Waals surface area contributed by atoms with Gasteiger partial charge in [0, 0.05) is 6.07 Å². The number of nitro groups is 1. The van der Waals surface area contributed by atoms with E-state index in [1.807, 2.05) is 0 Å². The molecule has 5 nitrogen and oxygen atoms in total. The van der Waals surface area contributed by atoms with Crippen molar-refractivity contribution in [2.45, 2.75) is 5.79 Å². The van der Waals surface area contributed by atoms with Crippen LogP contribution >= 0.6 is 22.6 Å². The molecule has 6 heteroatoms. The maximum Gasteiger partial charge on any atom is 0.278 e. The third-order valence-corrected chi connectivity index (χ3v) is 3.45. The molecule has 2 rings (SSSR count). The van der Waals surface area contributed by atoms with Gasteiger partial charge >= 0.3 is 0 Å². The summed E-state index contributed by atoms with van der Waals surface area (Å²) in [6.07, 6.45) is 0. The molecule has 1 aromatic rings. The maximum atomic E-state index is 10.9. The molecule has 0 atom stereocenters. The number of rotatable bonds is 3. The standard InChI is InChI=1S/C10H10INO4/c11-7-10(15-5-6-16-10)8-3-1-2-4-9(8)12(13)14/h1-4H,5-7H2. The lowest BCUT2D eigenvalue weighted by Crippen LogP contribution is -2.29. The van der Waals surface area contributed by atoms with Crippen LogP contribution in [0.5, 0.6) is 0 Å². The van der Waals surface area contributed by atoms with Gasteiger partial charge in [-0.15, -0.1) is 0 Å². The molecule has 1 aromatic carbocycles. The summed E-state index contributed by atoms with van der Waals surface area (Å²) in [7, 11) is 0. The number of nitrogens with zero attached hydrogens (tertiary/aromatic N) is 1. The van der Waals surface area contributed by atoms with Gasteiger partial charge in [-0.2, -0.15) is 0 Å². The van der Waals surface area contributed by atoms with Crippen LogP contribution in [0, 0.1) is 10.1 Å². The molecule has 0 unspecified atom stereocenters. The normalized spacial score (nSPS) is 18.6. The molecule has 0 radical (unpaired) electrons. The van der Waals surface area contributed by atoms with Crippen LogP contribution in [-0.2, 0) is 15.3 Å². The first-order chi connectivity index (χ1) is 7.69. The minimum atomic E-state index is -0.954. The van der Waals surface area contributed by atoms with Gasteiger partial charge in [0.15, 0.2) is 0 Å². The van der Waals surface area contributed by atoms with E-state index in [1.165, 1.54) is 6.07 Å². The minimum absolute atomic E-state index is 0.0427. The van der Waals surface area contributed by atoms with E-state index >= 15 is 0 Å². The molecule has 1 saturated heterocycles. The zero-order chi connectivity index (χ0) is 11.6. The second kappa shape index (κ2) is 4.64. The van der Waals surface area contributed by atoms with E-state index in [1.54, 1.807) is 18.2 Å². The van der Waals surface area contributed by atoms with Crippen LogP contribution < -0.4 is 0 Å². The summed E-state index contributed by atoms with van der Waals surface area (Å²) in [5.74, 6) is -0.954. The minimum Gasteiger partial charge on any atom is -0.343 e. The van der Waals surface area contributed by atoms with Crippen LogP contribution in [0.2, 0.25) is 0 Å². The van der Waals surface area contributed by atoms with Gasteiger partial charge in [-0.1, -0.05) is 34.7 Å². The summed E-state index contributed by atoms with van der Waals surface area (Å²) in [4.78, 5) is 10.5. The number of hydrogen-bond donors (Lipinski definition) is 0. The Labute approximate surface area is 106 Å². The van der Waals surface area contributed by atoms with Gasteiger partial charge in [0.2, 0.25) is 5.79 Å². The Morgan fingerprint density at radius 3 is 2.56 bits per heavy atom. The van der Waals surface area contributed by atoms with Gasteiger partial charge in [0.25, 0.3) is 5.69 Å². The number of hydrogen-bond acceptors (Lipinski definition) is 4. The van der Waals surface area contributed by atoms with E-state index in [2.05, 4.69) is 22.6 Å². The van der Waals surface area contributed by atoms with Crippen molar-refractivity contribution >= 4 is 28.3 Å². The van der Waals surface area contributed by atoms with Crippen LogP contribution in [-0.4, -0.2) is 22.6 Å². The van der Waals surface area contributed by atoms with E-state index in [0.29, 0.717) is 23.2 Å². The van der Waals surface area contributed by atoms with Crippen LogP contribution in [0.4, 0.5) is 5.69 Å². The Kier molecular flexibility index (Phi) is 3.41. The average molecular weight is 335 g/mol. The Bertz CT molecular complexity index is 404. The Morgan fingerprint density at radius 2 is 2.00 bits per heavy atom. The smallest absolute Gasteiger partial charge is 0.278 e. The van der Waals surface area contributed by atoms with Crippen LogP contribution in [0.1, 0.15) is 5.56 Å². The summed E-state index contributed by atoms with van der Waals surface area (Å²) in [6.45, 7) is 0.935. The summed E-state index contributed by atoms with van der Waals surface area (Å²) in [6, 6.07) is 6.54. The van der Waals surface area contributed by atoms with Crippen molar-refractivity contribution in [2.75, 3.05) is 17.6 Å². The molecule has 1 fully saturated rings. The molecule has 0 amide bonds. The SMILES string of the molecule is O=[N+]([O-])c1ccccc1C1(CI)OCCO1. The Balaban J connectivity index is 2.49. The first-order valence-corrected chi connectivity index (χ1v) is 6.30. The van der Waals surface area contributed by atoms with Gasteiger partial charge < -0.3 is 9.47 Å². The van der Waals surface area contributed by atoms with E-state index in [9.17, 15) is 10.1 Å². The number of halogens is 1. The molecule has 0 bridgehead atoms. The van der Waals surface area contributed by atoms with Crippen molar-refractivity contribution in [1.29, 1.82) is 0 Å². The monoisotopic (exact) mass is 335 g/mol. The van der Waals surface area contributed by atoms with Crippen molar-refractivity contribution in [1.82, 2.24) is 0 Å². The lowest BCUT2D eigenvalue weighted by Gasteiger charge is -2.24. The quantitative estimate of drug-likeness (QED) is 0.368. The molecular formula is C10H10INO4. The molecule has 1 heterocycles. The van der Waals surface area contributed by atoms with Gasteiger partial charge in [0.1, 0.15) is 0 Å². The van der Waals surface area contributed by atoms with Gasteiger partial charge in [-0.05, 0) is 6.07 Å². The van der Waals surface area contributed by atoms with E-state index in [4.69, 9.17) is 9.47 Å². The number of benzene rings is 1. The van der Waals surface area contributed by atoms with Gasteiger partial charge in [-0.25, -0.2) is 0 Å². The number of para-hydroxylation sites is 1. The average Bonchev–Trinajstić information content (AvgIpc) is 2.78. The highest BCUT2D eigenvalue weighted by Crippen LogP contribution is 2.38. The predicted molar refractivity (Wildman–Crippen MR) is 65.6 cm³/mol. The van der Waals surface area contributed by atoms with Crippen molar-refractivity contribution in [3.8, 4) is 0 Å². The zero-order valence-corrected chi connectivity index (χ0v) is 10.5. The molecule has 0 aromatic heterocycles. The molecule has 0 spiro atoms. The summed E-state index contributed by atoms with van der Waals surface area (Å²) < 4.78 is 11.6. The Morgan fingerprint density at radius 1 is 1.38 bits per heavy atom. The molecule has 0 saturated carbocycles. The fourth-order valence-corrected chi connectivity index (χ4v) is 2.57. The molecular weight excluding hydrogens is 325 g/mol. The molecule has 0 N–H and O–H groups in total. The first kappa shape index (κ1) is 11.7. The van der Waals surface area contributed by atoms with Crippen molar-refractivity contribution in [2.24, 2.45) is 0 Å². The summed E-state index contributed by atoms with van der Waals surface area (Å²) in [5.41, 5.74) is 0.535. The second-order valence-corrected chi connectivity index (χ2v) is 4.12. The van der Waals surface area contributed by atoms with E-state index in [0.717, 1.165) is 0 Å². The predicted octanol–water partition coefficient (Wildman–Crippen LogP) is 2.23. The summed E-state index contributed by atoms with van der Waals surface area (Å²) >= 11 is 2.11. The van der Waals surface area contributed by atoms with Crippen LogP contribution in [0.3, 0.4) is 0 Å². The fourth-order valence-electron chi connectivity index (χ4n) is 1.71. The van der Waals surface area contributed by atoms with Crippen molar-refractivity contribution in [3.05, 3.63) is 39.9 Å². The van der Waals surface area contributed by atoms with Crippen LogP contribution in [0.25, 0.3) is 0 Å². The molecule has 86 valence electrons. The number of ether oxygens (including phenoxy) is 2. The summed E-state index contributed by atoms with van der Waals surface area (Å²) in [5, 5.41) is 10.9. The lowest BCUT2D eigenvalue weighted by atomic mass is 10.1. The Hall–Kier alpha value is -0.730. The molecule has 0 aliphatic carbocycles. The first-order valence-electron chi connectivity index (χ1n) is 4.77. The highest BCUT2D eigenvalue weighted by atomic mass is 127. The van der Waals surface area contributed by atoms with Crippen molar-refractivity contribution in [3.63, 3.8) is 0 Å². The number of alkyl halides is 1. The largest absolute Gasteiger partial charge is 0.343 e. The van der Waals surface area contributed by atoms with Crippen molar-refractivity contribution < 1.29 is 14.4 Å². The van der Waals surface area contributed by atoms with E-state index < -0.39 is 10.7 Å².